The molecule has 1 saturated carbocycles. The molecule has 2 aliphatic heterocycles. The van der Waals surface area contributed by atoms with Gasteiger partial charge in [-0.05, 0) is 86.7 Å². The number of rotatable bonds is 7. The number of hydrogen-bond acceptors (Lipinski definition) is 3. The van der Waals surface area contributed by atoms with Crippen molar-refractivity contribution in [2.24, 2.45) is 23.0 Å². The van der Waals surface area contributed by atoms with Crippen LogP contribution in [0.1, 0.15) is 90.5 Å². The highest BCUT2D eigenvalue weighted by Gasteiger charge is 2.44. The van der Waals surface area contributed by atoms with Gasteiger partial charge in [-0.3, -0.25) is 9.59 Å². The van der Waals surface area contributed by atoms with Crippen molar-refractivity contribution in [1.29, 1.82) is 0 Å². The van der Waals surface area contributed by atoms with E-state index in [0.29, 0.717) is 30.2 Å². The van der Waals surface area contributed by atoms with Crippen LogP contribution >= 0.6 is 0 Å². The van der Waals surface area contributed by atoms with Gasteiger partial charge in [0.15, 0.2) is 11.6 Å². The smallest absolute Gasteiger partial charge is 0.223 e. The van der Waals surface area contributed by atoms with E-state index >= 15 is 0 Å². The number of piperidine rings is 1. The maximum atomic E-state index is 14.1. The van der Waals surface area contributed by atoms with Crippen LogP contribution < -0.4 is 11.1 Å². The summed E-state index contributed by atoms with van der Waals surface area (Å²) in [6, 6.07) is 1.38. The second-order valence-electron chi connectivity index (χ2n) is 12.6. The van der Waals surface area contributed by atoms with Crippen molar-refractivity contribution in [2.75, 3.05) is 0 Å². The van der Waals surface area contributed by atoms with E-state index in [4.69, 9.17) is 5.73 Å². The minimum atomic E-state index is -1.21. The van der Waals surface area contributed by atoms with Crippen LogP contribution in [-0.4, -0.2) is 40.9 Å². The van der Waals surface area contributed by atoms with E-state index < -0.39 is 23.5 Å². The zero-order valence-electron chi connectivity index (χ0n) is 22.4. The minimum absolute atomic E-state index is 0.0118. The average Bonchev–Trinajstić information content (AvgIpc) is 3.09. The maximum absolute atomic E-state index is 14.1. The van der Waals surface area contributed by atoms with Crippen molar-refractivity contribution in [1.82, 2.24) is 10.2 Å². The predicted molar refractivity (Wildman–Crippen MR) is 137 cm³/mol. The molecule has 2 amide bonds. The average molecular weight is 522 g/mol. The van der Waals surface area contributed by atoms with Crippen LogP contribution in [0.4, 0.5) is 13.2 Å². The summed E-state index contributed by atoms with van der Waals surface area (Å²) in [5, 5.41) is 3.14. The Morgan fingerprint density at radius 1 is 0.946 bits per heavy atom. The number of nitrogens with one attached hydrogen (secondary N) is 1. The molecule has 0 aromatic heterocycles. The topological polar surface area (TPSA) is 75.4 Å². The number of hydrogen-bond donors (Lipinski definition) is 2. The van der Waals surface area contributed by atoms with E-state index in [1.165, 1.54) is 0 Å². The molecule has 3 aliphatic rings. The lowest BCUT2D eigenvalue weighted by atomic mass is 9.71. The van der Waals surface area contributed by atoms with Gasteiger partial charge in [0, 0.05) is 43.1 Å². The fourth-order valence-corrected chi connectivity index (χ4v) is 6.87. The zero-order chi connectivity index (χ0) is 26.9. The molecule has 0 radical (unpaired) electrons. The normalized spacial score (nSPS) is 28.7. The Bertz CT molecular complexity index is 973. The van der Waals surface area contributed by atoms with Crippen molar-refractivity contribution in [3.05, 3.63) is 35.1 Å². The molecule has 37 heavy (non-hydrogen) atoms. The molecule has 2 unspecified atom stereocenters. The molecule has 4 rings (SSSR count). The highest BCUT2D eigenvalue weighted by Crippen LogP contribution is 2.41. The number of fused-ring (bicyclic) bond motifs is 2. The summed E-state index contributed by atoms with van der Waals surface area (Å²) in [6.07, 6.45) is 7.95. The molecule has 5 nitrogen and oxygen atoms in total. The largest absolute Gasteiger partial charge is 0.353 e. The first-order valence-electron chi connectivity index (χ1n) is 13.9. The number of nitrogens with zero attached hydrogens (tertiary/aromatic N) is 1. The molecule has 3 N–H and O–H groups in total. The summed E-state index contributed by atoms with van der Waals surface area (Å²) in [5.41, 5.74) is 6.77. The van der Waals surface area contributed by atoms with E-state index in [1.54, 1.807) is 0 Å². The van der Waals surface area contributed by atoms with Crippen LogP contribution in [-0.2, 0) is 16.0 Å². The third-order valence-corrected chi connectivity index (χ3v) is 9.09. The third-order valence-electron chi connectivity index (χ3n) is 9.09. The Morgan fingerprint density at radius 2 is 1.54 bits per heavy atom. The summed E-state index contributed by atoms with van der Waals surface area (Å²) >= 11 is 0. The number of carbonyl (C=O) groups excluding carboxylic acids is 2. The van der Waals surface area contributed by atoms with Crippen LogP contribution in [0.15, 0.2) is 12.1 Å². The predicted octanol–water partition coefficient (Wildman–Crippen LogP) is 5.24. The molecule has 0 spiro atoms. The van der Waals surface area contributed by atoms with E-state index in [9.17, 15) is 22.8 Å². The van der Waals surface area contributed by atoms with Crippen molar-refractivity contribution in [2.45, 2.75) is 116 Å². The quantitative estimate of drug-likeness (QED) is 0.482. The maximum Gasteiger partial charge on any atom is 0.223 e. The number of amides is 2. The van der Waals surface area contributed by atoms with Crippen molar-refractivity contribution in [3.63, 3.8) is 0 Å². The Morgan fingerprint density at radius 3 is 2.14 bits per heavy atom. The number of halogens is 3. The summed E-state index contributed by atoms with van der Waals surface area (Å²) in [5.74, 6) is -2.36. The lowest BCUT2D eigenvalue weighted by molar-refractivity contribution is -0.138. The molecule has 1 aromatic rings. The fourth-order valence-electron chi connectivity index (χ4n) is 6.87. The highest BCUT2D eigenvalue weighted by molar-refractivity contribution is 5.84. The first kappa shape index (κ1) is 27.9. The van der Waals surface area contributed by atoms with Gasteiger partial charge in [0.05, 0.1) is 0 Å². The van der Waals surface area contributed by atoms with Gasteiger partial charge in [-0.25, -0.2) is 13.2 Å². The van der Waals surface area contributed by atoms with Crippen LogP contribution in [0.2, 0.25) is 0 Å². The molecule has 206 valence electrons. The van der Waals surface area contributed by atoms with Gasteiger partial charge in [0.25, 0.3) is 0 Å². The standard InChI is InChI=1S/C29H42F3N3O2/c1-29(2,3)19-4-6-20(7-5-19)34-27(36)10-11-28(37)35-21-8-9-22(35)13-18(12-21)26(33)15-17-14-24(31)25(32)16-23(17)30/h14,16,18-22,26H,4-13,15,33H2,1-3H3,(H,34,36)/t18?,19?,20?,21?,22?,26-/m1/s1. The van der Waals surface area contributed by atoms with Crippen LogP contribution in [0.25, 0.3) is 0 Å². The molecule has 3 fully saturated rings. The van der Waals surface area contributed by atoms with Crippen LogP contribution in [0, 0.1) is 34.7 Å². The van der Waals surface area contributed by atoms with E-state index in [0.717, 1.165) is 44.6 Å². The molecular formula is C29H42F3N3O2. The monoisotopic (exact) mass is 521 g/mol. The summed E-state index contributed by atoms with van der Waals surface area (Å²) in [7, 11) is 0. The van der Waals surface area contributed by atoms with Gasteiger partial charge in [0.2, 0.25) is 11.8 Å². The Labute approximate surface area is 218 Å². The molecule has 2 saturated heterocycles. The molecule has 2 heterocycles. The first-order valence-corrected chi connectivity index (χ1v) is 13.9. The SMILES string of the molecule is CC(C)(C)C1CCC(NC(=O)CCC(=O)N2C3CCC2CC([C@H](N)Cc2cc(F)c(F)cc2F)C3)CC1. The molecule has 2 bridgehead atoms. The molecule has 1 aliphatic carbocycles. The first-order chi connectivity index (χ1) is 17.4. The molecular weight excluding hydrogens is 479 g/mol. The molecule has 3 atom stereocenters. The lowest BCUT2D eigenvalue weighted by Gasteiger charge is -2.41. The van der Waals surface area contributed by atoms with Crippen LogP contribution in [0.5, 0.6) is 0 Å². The Balaban J connectivity index is 1.23. The second-order valence-corrected chi connectivity index (χ2v) is 12.6. The van der Waals surface area contributed by atoms with Gasteiger partial charge in [0.1, 0.15) is 5.82 Å². The van der Waals surface area contributed by atoms with Crippen molar-refractivity contribution in [3.8, 4) is 0 Å². The summed E-state index contributed by atoms with van der Waals surface area (Å²) in [6.45, 7) is 6.83. The summed E-state index contributed by atoms with van der Waals surface area (Å²) in [4.78, 5) is 27.6. The van der Waals surface area contributed by atoms with Crippen molar-refractivity contribution < 1.29 is 22.8 Å². The number of benzene rings is 1. The third kappa shape index (κ3) is 6.68. The van der Waals surface area contributed by atoms with Crippen molar-refractivity contribution >= 4 is 11.8 Å². The minimum Gasteiger partial charge on any atom is -0.353 e. The van der Waals surface area contributed by atoms with Crippen LogP contribution in [0.3, 0.4) is 0 Å². The molecule has 8 heteroatoms. The van der Waals surface area contributed by atoms with Gasteiger partial charge >= 0.3 is 0 Å². The number of nitrogens with two attached hydrogens (primary N) is 1. The van der Waals surface area contributed by atoms with Gasteiger partial charge in [-0.15, -0.1) is 0 Å². The molecule has 1 aromatic carbocycles. The Hall–Kier alpha value is -2.09. The van der Waals surface area contributed by atoms with Gasteiger partial charge < -0.3 is 16.0 Å². The van der Waals surface area contributed by atoms with E-state index in [1.807, 2.05) is 4.90 Å². The second kappa shape index (κ2) is 11.3. The zero-order valence-corrected chi connectivity index (χ0v) is 22.4. The van der Waals surface area contributed by atoms with E-state index in [2.05, 4.69) is 26.1 Å². The van der Waals surface area contributed by atoms with Gasteiger partial charge in [-0.1, -0.05) is 20.8 Å². The highest BCUT2D eigenvalue weighted by atomic mass is 19.2. The fraction of sp³-hybridized carbons (Fsp3) is 0.724. The van der Waals surface area contributed by atoms with Gasteiger partial charge in [-0.2, -0.15) is 0 Å². The summed E-state index contributed by atoms with van der Waals surface area (Å²) < 4.78 is 41.0. The van der Waals surface area contributed by atoms with E-state index in [-0.39, 0.29) is 60.7 Å². The number of carbonyl (C=O) groups is 2. The lowest BCUT2D eigenvalue weighted by Crippen LogP contribution is -2.50. The Kier molecular flexibility index (Phi) is 8.56.